The fraction of sp³-hybridized carbons (Fsp3) is 0.475. The van der Waals surface area contributed by atoms with Crippen molar-refractivity contribution in [1.82, 2.24) is 42.2 Å². The van der Waals surface area contributed by atoms with Crippen molar-refractivity contribution in [3.8, 4) is 0 Å². The summed E-state index contributed by atoms with van der Waals surface area (Å²) in [5, 5.41) is 18.2. The molecule has 1 saturated heterocycles. The van der Waals surface area contributed by atoms with E-state index in [1.807, 2.05) is 6.07 Å². The number of alkyl halides is 2. The second-order valence-electron chi connectivity index (χ2n) is 15.0. The van der Waals surface area contributed by atoms with Gasteiger partial charge in [-0.05, 0) is 42.9 Å². The van der Waals surface area contributed by atoms with Gasteiger partial charge in [-0.1, -0.05) is 76.2 Å². The summed E-state index contributed by atoms with van der Waals surface area (Å²) in [6.45, 7) is 8.25. The third-order valence-electron chi connectivity index (χ3n) is 9.68. The fourth-order valence-electron chi connectivity index (χ4n) is 6.27. The van der Waals surface area contributed by atoms with Crippen LogP contribution in [0, 0.1) is 11.8 Å². The quantitative estimate of drug-likeness (QED) is 0.181. The first-order valence-electron chi connectivity index (χ1n) is 18.9. The second kappa shape index (κ2) is 19.8. The molecular weight excluding hydrogens is 742 g/mol. The number of hydrogen-bond acceptors (Lipinski definition) is 7. The molecule has 0 saturated carbocycles. The van der Waals surface area contributed by atoms with Gasteiger partial charge < -0.3 is 42.2 Å². The van der Waals surface area contributed by atoms with Crippen LogP contribution >= 0.6 is 0 Å². The topological polar surface area (TPSA) is 219 Å². The van der Waals surface area contributed by atoms with E-state index in [0.29, 0.717) is 11.1 Å². The number of carbonyl (C=O) groups is 7. The minimum Gasteiger partial charge on any atom is -0.361 e. The van der Waals surface area contributed by atoms with Gasteiger partial charge in [0.15, 0.2) is 6.17 Å². The van der Waals surface area contributed by atoms with E-state index in [-0.39, 0.29) is 12.8 Å². The van der Waals surface area contributed by atoms with Crippen LogP contribution in [0.1, 0.15) is 52.7 Å². The van der Waals surface area contributed by atoms with Crippen LogP contribution in [-0.4, -0.2) is 101 Å². The average Bonchev–Trinajstić information content (AvgIpc) is 3.58. The zero-order chi connectivity index (χ0) is 42.0. The van der Waals surface area contributed by atoms with Crippen molar-refractivity contribution in [2.75, 3.05) is 6.54 Å². The molecule has 3 aromatic rings. The lowest BCUT2D eigenvalue weighted by molar-refractivity contribution is -0.136. The highest BCUT2D eigenvalue weighted by Crippen LogP contribution is 2.19. The van der Waals surface area contributed by atoms with E-state index in [9.17, 15) is 33.6 Å². The zero-order valence-electron chi connectivity index (χ0n) is 32.8. The van der Waals surface area contributed by atoms with Crippen molar-refractivity contribution in [3.05, 3.63) is 71.9 Å². The van der Waals surface area contributed by atoms with Crippen LogP contribution in [0.4, 0.5) is 8.78 Å². The van der Waals surface area contributed by atoms with Crippen LogP contribution in [0.25, 0.3) is 10.9 Å². The molecule has 0 bridgehead atoms. The van der Waals surface area contributed by atoms with Gasteiger partial charge >= 0.3 is 0 Å². The van der Waals surface area contributed by atoms with E-state index in [2.05, 4.69) is 42.2 Å². The fourth-order valence-corrected chi connectivity index (χ4v) is 6.27. The lowest BCUT2D eigenvalue weighted by Crippen LogP contribution is -2.61. The van der Waals surface area contributed by atoms with Gasteiger partial charge in [-0.25, -0.2) is 8.78 Å². The van der Waals surface area contributed by atoms with Crippen molar-refractivity contribution in [2.24, 2.45) is 11.8 Å². The standard InChI is InChI=1S/C40H52F2N8O7/c1-20(2)32-39(56)46-22(5)34(51)47-30(17-25-18-43-28-15-11-10-14-26(25)28)36(53)44-19-27(41)31(42)38(55)45-23(6)35(52)49-33(21(3)4)40(57)48-29(37(54)50-32)16-24-12-8-7-9-13-24/h7-15,18,20-23,27,29-33,43H,16-17,19H2,1-6H3,(H,44,53)(H,45,55)(H,46,56)(H,47,51)(H,48,57)(H,49,52)(H,50,54)/t22-,23-,27+,29?,30-,31-,32?,33-/m1/s1. The third-order valence-corrected chi connectivity index (χ3v) is 9.68. The summed E-state index contributed by atoms with van der Waals surface area (Å²) in [5.41, 5.74) is 2.04. The minimum absolute atomic E-state index is 0.00293. The molecule has 2 heterocycles. The largest absolute Gasteiger partial charge is 0.361 e. The van der Waals surface area contributed by atoms with E-state index in [0.717, 1.165) is 10.9 Å². The molecule has 0 spiro atoms. The first kappa shape index (κ1) is 43.9. The Bertz CT molecular complexity index is 1920. The van der Waals surface area contributed by atoms with Crippen molar-refractivity contribution < 1.29 is 42.3 Å². The van der Waals surface area contributed by atoms with Crippen molar-refractivity contribution in [3.63, 3.8) is 0 Å². The van der Waals surface area contributed by atoms with Crippen molar-refractivity contribution >= 4 is 52.3 Å². The molecule has 2 aromatic carbocycles. The lowest BCUT2D eigenvalue weighted by atomic mass is 9.99. The van der Waals surface area contributed by atoms with Gasteiger partial charge in [0.1, 0.15) is 36.3 Å². The Morgan fingerprint density at radius 3 is 1.72 bits per heavy atom. The van der Waals surface area contributed by atoms with Crippen LogP contribution in [-0.2, 0) is 46.4 Å². The molecule has 4 rings (SSSR count). The Kier molecular flexibility index (Phi) is 15.3. The lowest BCUT2D eigenvalue weighted by Gasteiger charge is -2.29. The summed E-state index contributed by atoms with van der Waals surface area (Å²) in [6, 6.07) is 8.25. The number of aromatic nitrogens is 1. The number of aromatic amines is 1. The average molecular weight is 795 g/mol. The maximum absolute atomic E-state index is 15.1. The molecule has 1 aliphatic heterocycles. The Morgan fingerprint density at radius 1 is 0.579 bits per heavy atom. The first-order chi connectivity index (χ1) is 27.0. The molecular formula is C40H52F2N8O7. The molecule has 57 heavy (non-hydrogen) atoms. The van der Waals surface area contributed by atoms with Gasteiger partial charge in [0, 0.05) is 29.9 Å². The monoisotopic (exact) mass is 794 g/mol. The van der Waals surface area contributed by atoms with Crippen LogP contribution in [0.3, 0.4) is 0 Å². The molecule has 1 aliphatic rings. The van der Waals surface area contributed by atoms with Crippen LogP contribution in [0.5, 0.6) is 0 Å². The van der Waals surface area contributed by atoms with E-state index >= 15 is 8.78 Å². The first-order valence-corrected chi connectivity index (χ1v) is 18.9. The van der Waals surface area contributed by atoms with Gasteiger partial charge in [0.05, 0.1) is 6.54 Å². The maximum Gasteiger partial charge on any atom is 0.258 e. The number of benzene rings is 2. The Morgan fingerprint density at radius 2 is 1.09 bits per heavy atom. The number of nitrogens with one attached hydrogen (secondary N) is 8. The van der Waals surface area contributed by atoms with Crippen molar-refractivity contribution in [1.29, 1.82) is 0 Å². The maximum atomic E-state index is 15.1. The third kappa shape index (κ3) is 11.8. The smallest absolute Gasteiger partial charge is 0.258 e. The molecule has 15 nitrogen and oxygen atoms in total. The molecule has 8 atom stereocenters. The number of halogens is 2. The SMILES string of the molecule is CC(C)C1NC(=O)C(Cc2ccccc2)NC(=O)[C@@H](C(C)C)NC(=O)[C@@H](C)NC(=O)[C@H](F)[C@@H](F)CNC(=O)[C@@H](Cc2c[nH]c3ccccc23)NC(=O)[C@@H](C)NC1=O. The van der Waals surface area contributed by atoms with Gasteiger partial charge in [-0.15, -0.1) is 0 Å². The number of rotatable bonds is 6. The second-order valence-corrected chi connectivity index (χ2v) is 15.0. The summed E-state index contributed by atoms with van der Waals surface area (Å²) in [7, 11) is 0. The summed E-state index contributed by atoms with van der Waals surface area (Å²) < 4.78 is 30.3. The van der Waals surface area contributed by atoms with Crippen LogP contribution in [0.15, 0.2) is 60.8 Å². The zero-order valence-corrected chi connectivity index (χ0v) is 32.8. The summed E-state index contributed by atoms with van der Waals surface area (Å²) in [4.78, 5) is 97.4. The Balaban J connectivity index is 1.67. The predicted octanol–water partition coefficient (Wildman–Crippen LogP) is 1.02. The normalized spacial score (nSPS) is 26.8. The molecule has 0 radical (unpaired) electrons. The van der Waals surface area contributed by atoms with Gasteiger partial charge in [-0.3, -0.25) is 33.6 Å². The van der Waals surface area contributed by atoms with Crippen molar-refractivity contribution in [2.45, 2.75) is 103 Å². The number of fused-ring (bicyclic) bond motifs is 1. The number of amides is 7. The van der Waals surface area contributed by atoms with E-state index in [4.69, 9.17) is 0 Å². The number of para-hydroxylation sites is 1. The molecule has 308 valence electrons. The minimum atomic E-state index is -2.81. The number of hydrogen-bond donors (Lipinski definition) is 8. The molecule has 7 amide bonds. The summed E-state index contributed by atoms with van der Waals surface area (Å²) in [6.07, 6.45) is -3.82. The van der Waals surface area contributed by atoms with Crippen LogP contribution in [0.2, 0.25) is 0 Å². The molecule has 8 N–H and O–H groups in total. The van der Waals surface area contributed by atoms with E-state index in [1.54, 1.807) is 82.4 Å². The van der Waals surface area contributed by atoms with E-state index < -0.39 is 108 Å². The molecule has 1 fully saturated rings. The summed E-state index contributed by atoms with van der Waals surface area (Å²) >= 11 is 0. The highest BCUT2D eigenvalue weighted by atomic mass is 19.2. The molecule has 0 aliphatic carbocycles. The summed E-state index contributed by atoms with van der Waals surface area (Å²) in [5.74, 6) is -7.32. The number of carbonyl (C=O) groups excluding carboxylic acids is 7. The number of H-pyrrole nitrogens is 1. The molecule has 2 unspecified atom stereocenters. The molecule has 17 heteroatoms. The molecule has 1 aromatic heterocycles. The highest BCUT2D eigenvalue weighted by molar-refractivity contribution is 5.97. The van der Waals surface area contributed by atoms with Crippen LogP contribution < -0.4 is 37.2 Å². The van der Waals surface area contributed by atoms with Gasteiger partial charge in [0.2, 0.25) is 41.6 Å². The van der Waals surface area contributed by atoms with E-state index in [1.165, 1.54) is 13.8 Å². The Hall–Kier alpha value is -5.87. The van der Waals surface area contributed by atoms with Gasteiger partial charge in [0.25, 0.3) is 5.91 Å². The van der Waals surface area contributed by atoms with Gasteiger partial charge in [-0.2, -0.15) is 0 Å². The predicted molar refractivity (Wildman–Crippen MR) is 208 cm³/mol. The Labute approximate surface area is 329 Å². The highest BCUT2D eigenvalue weighted by Gasteiger charge is 2.36.